The molecule has 1 amide bonds. The van der Waals surface area contributed by atoms with Gasteiger partial charge in [-0.2, -0.15) is 24.2 Å². The summed E-state index contributed by atoms with van der Waals surface area (Å²) in [5, 5.41) is 20.3. The molecule has 33 heavy (non-hydrogen) atoms. The molecule has 0 bridgehead atoms. The lowest BCUT2D eigenvalue weighted by molar-refractivity contribution is -0.0494. The van der Waals surface area contributed by atoms with E-state index in [1.165, 1.54) is 27.7 Å². The van der Waals surface area contributed by atoms with Gasteiger partial charge in [0.2, 0.25) is 0 Å². The number of nitrogens with zero attached hydrogens (tertiary/aromatic N) is 6. The third-order valence-corrected chi connectivity index (χ3v) is 5.57. The van der Waals surface area contributed by atoms with Crippen LogP contribution in [-0.2, 0) is 7.05 Å². The zero-order valence-electron chi connectivity index (χ0n) is 17.3. The van der Waals surface area contributed by atoms with Gasteiger partial charge in [-0.1, -0.05) is 6.07 Å². The number of anilines is 1. The van der Waals surface area contributed by atoms with Crippen LogP contribution in [0.2, 0.25) is 0 Å². The number of carbonyl (C=O) groups excluding carboxylic acids is 1. The van der Waals surface area contributed by atoms with Gasteiger partial charge in [-0.3, -0.25) is 9.48 Å². The maximum Gasteiger partial charge on any atom is 0.387 e. The van der Waals surface area contributed by atoms with Crippen LogP contribution in [0.5, 0.6) is 5.75 Å². The van der Waals surface area contributed by atoms with Gasteiger partial charge >= 0.3 is 6.61 Å². The van der Waals surface area contributed by atoms with Crippen molar-refractivity contribution in [3.05, 3.63) is 60.2 Å². The number of hydrogen-bond donors (Lipinski definition) is 1. The molecule has 2 atom stereocenters. The highest BCUT2D eigenvalue weighted by atomic mass is 19.3. The first-order valence-corrected chi connectivity index (χ1v) is 10.1. The molecular weight excluding hydrogens is 432 g/mol. The predicted molar refractivity (Wildman–Crippen MR) is 113 cm³/mol. The first-order valence-electron chi connectivity index (χ1n) is 10.1. The highest BCUT2D eigenvalue weighted by Crippen LogP contribution is 2.49. The standard InChI is InChI=1S/C22H17F2N7O2/c1-30-19(15-7-12(14-8-13(14)9-25)3-4-18(15)33-22(23)24)17(11-27-30)29-21(32)16-10-28-31-6-2-5-26-20(16)31/h2-7,10-11,13-14,22H,8H2,1H3,(H,29,32). The van der Waals surface area contributed by atoms with Crippen LogP contribution in [0.15, 0.2) is 49.1 Å². The molecule has 1 aliphatic rings. The molecule has 1 aliphatic carbocycles. The maximum atomic E-state index is 13.1. The Morgan fingerprint density at radius 2 is 2.18 bits per heavy atom. The van der Waals surface area contributed by atoms with Crippen molar-refractivity contribution in [3.8, 4) is 23.1 Å². The number of rotatable bonds is 6. The normalized spacial score (nSPS) is 17.2. The summed E-state index contributed by atoms with van der Waals surface area (Å²) >= 11 is 0. The van der Waals surface area contributed by atoms with Gasteiger partial charge < -0.3 is 10.1 Å². The topological polar surface area (TPSA) is 110 Å². The van der Waals surface area contributed by atoms with Gasteiger partial charge in [-0.15, -0.1) is 0 Å². The molecule has 9 nitrogen and oxygen atoms in total. The fourth-order valence-corrected chi connectivity index (χ4v) is 3.89. The summed E-state index contributed by atoms with van der Waals surface area (Å²) in [6.07, 6.45) is 6.76. The SMILES string of the molecule is Cn1ncc(NC(=O)c2cnn3cccnc23)c1-c1cc(C2CC2C#N)ccc1OC(F)F. The van der Waals surface area contributed by atoms with Crippen LogP contribution in [0.25, 0.3) is 16.9 Å². The molecule has 1 saturated carbocycles. The van der Waals surface area contributed by atoms with E-state index in [2.05, 4.69) is 26.6 Å². The average molecular weight is 449 g/mol. The molecule has 1 N–H and O–H groups in total. The Kier molecular flexibility index (Phi) is 4.97. The average Bonchev–Trinajstić information content (AvgIpc) is 3.33. The molecule has 0 radical (unpaired) electrons. The first-order chi connectivity index (χ1) is 16.0. The van der Waals surface area contributed by atoms with Gasteiger partial charge in [0.1, 0.15) is 11.3 Å². The number of hydrogen-bond acceptors (Lipinski definition) is 6. The van der Waals surface area contributed by atoms with E-state index in [4.69, 9.17) is 4.74 Å². The van der Waals surface area contributed by atoms with Crippen molar-refractivity contribution < 1.29 is 18.3 Å². The van der Waals surface area contributed by atoms with E-state index in [-0.39, 0.29) is 23.1 Å². The second-order valence-corrected chi connectivity index (χ2v) is 7.64. The summed E-state index contributed by atoms with van der Waals surface area (Å²) < 4.78 is 33.9. The second-order valence-electron chi connectivity index (χ2n) is 7.64. The minimum absolute atomic E-state index is 0.0328. The third-order valence-electron chi connectivity index (χ3n) is 5.57. The minimum atomic E-state index is -3.03. The fourth-order valence-electron chi connectivity index (χ4n) is 3.89. The Labute approximate surface area is 186 Å². The highest BCUT2D eigenvalue weighted by molar-refractivity contribution is 6.09. The van der Waals surface area contributed by atoms with Crippen molar-refractivity contribution in [1.82, 2.24) is 24.4 Å². The number of alkyl halides is 2. The molecule has 0 aliphatic heterocycles. The molecule has 1 fully saturated rings. The molecule has 166 valence electrons. The Morgan fingerprint density at radius 3 is 2.94 bits per heavy atom. The van der Waals surface area contributed by atoms with E-state index in [0.717, 1.165) is 5.56 Å². The molecule has 0 spiro atoms. The number of halogens is 2. The summed E-state index contributed by atoms with van der Waals surface area (Å²) in [5.74, 6) is -0.601. The Balaban J connectivity index is 1.54. The van der Waals surface area contributed by atoms with Crippen LogP contribution in [0, 0.1) is 17.2 Å². The van der Waals surface area contributed by atoms with E-state index in [1.54, 1.807) is 37.6 Å². The number of benzene rings is 1. The highest BCUT2D eigenvalue weighted by Gasteiger charge is 2.39. The lowest BCUT2D eigenvalue weighted by Crippen LogP contribution is -2.13. The van der Waals surface area contributed by atoms with E-state index >= 15 is 0 Å². The number of nitrogens with one attached hydrogen (secondary N) is 1. The van der Waals surface area contributed by atoms with Gasteiger partial charge in [0.25, 0.3) is 5.91 Å². The largest absolute Gasteiger partial charge is 0.434 e. The molecule has 1 aromatic carbocycles. The third kappa shape index (κ3) is 3.76. The molecule has 5 rings (SSSR count). The quantitative estimate of drug-likeness (QED) is 0.482. The fraction of sp³-hybridized carbons (Fsp3) is 0.227. The summed E-state index contributed by atoms with van der Waals surface area (Å²) in [5.41, 5.74) is 2.49. The van der Waals surface area contributed by atoms with Gasteiger partial charge in [-0.25, -0.2) is 9.50 Å². The second kappa shape index (κ2) is 7.98. The van der Waals surface area contributed by atoms with Crippen LogP contribution < -0.4 is 10.1 Å². The number of nitriles is 1. The molecule has 3 aromatic heterocycles. The number of ether oxygens (including phenoxy) is 1. The van der Waals surface area contributed by atoms with Crippen molar-refractivity contribution in [1.29, 1.82) is 5.26 Å². The summed E-state index contributed by atoms with van der Waals surface area (Å²) in [6.45, 7) is -3.03. The predicted octanol–water partition coefficient (Wildman–Crippen LogP) is 3.61. The van der Waals surface area contributed by atoms with Crippen LogP contribution in [0.3, 0.4) is 0 Å². The van der Waals surface area contributed by atoms with Gasteiger partial charge in [-0.05, 0) is 30.2 Å². The number of fused-ring (bicyclic) bond motifs is 1. The van der Waals surface area contributed by atoms with Crippen LogP contribution in [0.1, 0.15) is 28.3 Å². The lowest BCUT2D eigenvalue weighted by atomic mass is 10.0. The zero-order chi connectivity index (χ0) is 23.1. The maximum absolute atomic E-state index is 13.1. The molecule has 3 heterocycles. The van der Waals surface area contributed by atoms with Crippen LogP contribution in [0.4, 0.5) is 14.5 Å². The van der Waals surface area contributed by atoms with Crippen molar-refractivity contribution in [2.24, 2.45) is 13.0 Å². The molecule has 0 saturated heterocycles. The summed E-state index contributed by atoms with van der Waals surface area (Å²) in [7, 11) is 1.63. The van der Waals surface area contributed by atoms with Crippen molar-refractivity contribution >= 4 is 17.2 Å². The summed E-state index contributed by atoms with van der Waals surface area (Å²) in [6, 6.07) is 8.77. The van der Waals surface area contributed by atoms with Crippen molar-refractivity contribution in [2.45, 2.75) is 19.0 Å². The van der Waals surface area contributed by atoms with E-state index in [1.807, 2.05) is 0 Å². The lowest BCUT2D eigenvalue weighted by Gasteiger charge is -2.15. The van der Waals surface area contributed by atoms with Crippen molar-refractivity contribution in [3.63, 3.8) is 0 Å². The Bertz CT molecular complexity index is 1410. The zero-order valence-corrected chi connectivity index (χ0v) is 17.3. The molecule has 2 unspecified atom stereocenters. The monoisotopic (exact) mass is 449 g/mol. The van der Waals surface area contributed by atoms with Gasteiger partial charge in [0, 0.05) is 30.9 Å². The molecular formula is C22H17F2N7O2. The van der Waals surface area contributed by atoms with E-state index in [0.29, 0.717) is 29.0 Å². The number of aromatic nitrogens is 5. The number of carbonyl (C=O) groups is 1. The van der Waals surface area contributed by atoms with E-state index < -0.39 is 12.5 Å². The minimum Gasteiger partial charge on any atom is -0.434 e. The van der Waals surface area contributed by atoms with Crippen molar-refractivity contribution in [2.75, 3.05) is 5.32 Å². The smallest absolute Gasteiger partial charge is 0.387 e. The number of aryl methyl sites for hydroxylation is 1. The summed E-state index contributed by atoms with van der Waals surface area (Å²) in [4.78, 5) is 17.2. The van der Waals surface area contributed by atoms with Gasteiger partial charge in [0.15, 0.2) is 5.65 Å². The Morgan fingerprint density at radius 1 is 1.33 bits per heavy atom. The van der Waals surface area contributed by atoms with Crippen LogP contribution in [-0.4, -0.2) is 36.9 Å². The van der Waals surface area contributed by atoms with Gasteiger partial charge in [0.05, 0.1) is 35.8 Å². The Hall–Kier alpha value is -4.33. The van der Waals surface area contributed by atoms with Crippen LogP contribution >= 0.6 is 0 Å². The number of amides is 1. The first kappa shape index (κ1) is 20.6. The van der Waals surface area contributed by atoms with E-state index in [9.17, 15) is 18.8 Å². The molecule has 4 aromatic rings. The molecule has 11 heteroatoms.